The number of likely N-dealkylation sites (tertiary alicyclic amines) is 1. The summed E-state index contributed by atoms with van der Waals surface area (Å²) in [5.74, 6) is 4.35. The number of amides is 4. The fourth-order valence-electron chi connectivity index (χ4n) is 3.82. The van der Waals surface area contributed by atoms with Crippen LogP contribution in [0.3, 0.4) is 0 Å². The van der Waals surface area contributed by atoms with E-state index >= 15 is 0 Å². The summed E-state index contributed by atoms with van der Waals surface area (Å²) in [7, 11) is 1.81. The molecule has 1 aliphatic rings. The topological polar surface area (TPSA) is 201 Å². The lowest BCUT2D eigenvalue weighted by molar-refractivity contribution is -0.145. The largest absolute Gasteiger partial charge is 0.399 e. The summed E-state index contributed by atoms with van der Waals surface area (Å²) in [5.41, 5.74) is 5.78. The van der Waals surface area contributed by atoms with Gasteiger partial charge in [0.1, 0.15) is 18.4 Å². The van der Waals surface area contributed by atoms with Gasteiger partial charge in [0.25, 0.3) is 0 Å². The van der Waals surface area contributed by atoms with Crippen LogP contribution in [-0.4, -0.2) is 105 Å². The van der Waals surface area contributed by atoms with Gasteiger partial charge in [0, 0.05) is 19.3 Å². The number of nitrogens with two attached hydrogens (primary N) is 2. The first-order valence-electron chi connectivity index (χ1n) is 12.2. The highest BCUT2D eigenvalue weighted by atomic mass is 16.5. The number of carbonyl (C=O) groups is 5. The van der Waals surface area contributed by atoms with Gasteiger partial charge in [0.05, 0.1) is 38.5 Å². The van der Waals surface area contributed by atoms with Crippen molar-refractivity contribution >= 4 is 29.9 Å². The fourth-order valence-corrected chi connectivity index (χ4v) is 3.82. The van der Waals surface area contributed by atoms with Gasteiger partial charge in [-0.15, -0.1) is 0 Å². The van der Waals surface area contributed by atoms with E-state index in [1.165, 1.54) is 16.1 Å². The van der Waals surface area contributed by atoms with Crippen LogP contribution in [-0.2, 0) is 28.7 Å². The Morgan fingerprint density at radius 2 is 1.78 bits per heavy atom. The van der Waals surface area contributed by atoms with Gasteiger partial charge in [-0.25, -0.2) is 5.84 Å². The van der Waals surface area contributed by atoms with Gasteiger partial charge in [-0.05, 0) is 25.3 Å². The smallest absolute Gasteiger partial charge is 0.248 e. The highest BCUT2D eigenvalue weighted by Gasteiger charge is 2.43. The molecule has 2 unspecified atom stereocenters. The third-order valence-corrected chi connectivity index (χ3v) is 5.52. The summed E-state index contributed by atoms with van der Waals surface area (Å²) < 4.78 is 5.45. The standard InChI is InChI=1S/C23H42N8O6/c1-23(2,3)20(31(25)14-16(24)15-37-11-8-26-4)22(36)30-9-5-6-17(30)21(35)29-13-19(34)28-12-18(33)27-7-10-32/h10,14,17,20,26H,5-9,11-13,15,24-25H2,1-4H3,(H,27,33)(H,28,34)(H,29,35)/b16-14-. The number of rotatable bonds is 15. The number of hydrazine groups is 1. The monoisotopic (exact) mass is 526 g/mol. The molecule has 0 aromatic heterocycles. The number of hydrogen-bond donors (Lipinski definition) is 6. The van der Waals surface area contributed by atoms with E-state index in [1.807, 2.05) is 27.8 Å². The Hall–Kier alpha value is -3.23. The summed E-state index contributed by atoms with van der Waals surface area (Å²) in [6.45, 7) is 6.40. The maximum atomic E-state index is 13.6. The van der Waals surface area contributed by atoms with E-state index in [-0.39, 0.29) is 32.1 Å². The van der Waals surface area contributed by atoms with E-state index in [0.29, 0.717) is 44.5 Å². The molecule has 1 saturated heterocycles. The van der Waals surface area contributed by atoms with Crippen LogP contribution in [0.1, 0.15) is 33.6 Å². The highest BCUT2D eigenvalue weighted by molar-refractivity contribution is 5.93. The van der Waals surface area contributed by atoms with Crippen LogP contribution in [0.4, 0.5) is 0 Å². The maximum Gasteiger partial charge on any atom is 0.248 e. The van der Waals surface area contributed by atoms with Gasteiger partial charge in [-0.3, -0.25) is 19.2 Å². The molecule has 0 saturated carbocycles. The van der Waals surface area contributed by atoms with E-state index in [2.05, 4.69) is 21.3 Å². The van der Waals surface area contributed by atoms with E-state index in [9.17, 15) is 24.0 Å². The molecule has 2 atom stereocenters. The molecule has 1 rings (SSSR count). The van der Waals surface area contributed by atoms with Crippen molar-refractivity contribution in [2.45, 2.75) is 45.7 Å². The normalized spacial score (nSPS) is 16.6. The molecule has 0 radical (unpaired) electrons. The number of nitrogens with one attached hydrogen (secondary N) is 4. The third-order valence-electron chi connectivity index (χ3n) is 5.52. The minimum absolute atomic E-state index is 0.149. The summed E-state index contributed by atoms with van der Waals surface area (Å²) in [6, 6.07) is -1.58. The van der Waals surface area contributed by atoms with Crippen LogP contribution in [0.25, 0.3) is 0 Å². The van der Waals surface area contributed by atoms with Crippen LogP contribution in [0.5, 0.6) is 0 Å². The van der Waals surface area contributed by atoms with Crippen molar-refractivity contribution in [1.29, 1.82) is 0 Å². The quantitative estimate of drug-likeness (QED) is 0.0558. The number of likely N-dealkylation sites (N-methyl/N-ethyl adjacent to an activating group) is 1. The first-order chi connectivity index (χ1) is 17.4. The molecule has 14 heteroatoms. The molecule has 0 aromatic carbocycles. The number of hydrogen-bond acceptors (Lipinski definition) is 10. The average Bonchev–Trinajstić information content (AvgIpc) is 3.32. The molecule has 1 aliphatic heterocycles. The highest BCUT2D eigenvalue weighted by Crippen LogP contribution is 2.28. The van der Waals surface area contributed by atoms with E-state index < -0.39 is 35.2 Å². The molecule has 37 heavy (non-hydrogen) atoms. The maximum absolute atomic E-state index is 13.6. The number of ether oxygens (including phenoxy) is 1. The molecule has 0 spiro atoms. The molecule has 8 N–H and O–H groups in total. The summed E-state index contributed by atoms with van der Waals surface area (Å²) in [6.07, 6.45) is 3.04. The Morgan fingerprint density at radius 3 is 2.41 bits per heavy atom. The van der Waals surface area contributed by atoms with Gasteiger partial charge in [-0.2, -0.15) is 0 Å². The van der Waals surface area contributed by atoms with Crippen molar-refractivity contribution in [3.8, 4) is 0 Å². The van der Waals surface area contributed by atoms with E-state index in [4.69, 9.17) is 16.3 Å². The van der Waals surface area contributed by atoms with Crippen LogP contribution in [0, 0.1) is 5.41 Å². The van der Waals surface area contributed by atoms with Gasteiger partial charge in [0.15, 0.2) is 0 Å². The lowest BCUT2D eigenvalue weighted by atomic mass is 9.85. The molecule has 4 amide bonds. The zero-order chi connectivity index (χ0) is 28.0. The van der Waals surface area contributed by atoms with Crippen molar-refractivity contribution in [2.75, 3.05) is 53.0 Å². The molecule has 0 bridgehead atoms. The Morgan fingerprint density at radius 1 is 1.14 bits per heavy atom. The number of nitrogens with zero attached hydrogens (tertiary/aromatic N) is 2. The molecular weight excluding hydrogens is 484 g/mol. The van der Waals surface area contributed by atoms with E-state index in [1.54, 1.807) is 0 Å². The van der Waals surface area contributed by atoms with Crippen LogP contribution in [0.2, 0.25) is 0 Å². The fraction of sp³-hybridized carbons (Fsp3) is 0.696. The number of aldehydes is 1. The first kappa shape index (κ1) is 31.8. The third kappa shape index (κ3) is 11.1. The van der Waals surface area contributed by atoms with Crippen molar-refractivity contribution in [1.82, 2.24) is 31.2 Å². The average molecular weight is 527 g/mol. The Bertz CT molecular complexity index is 829. The second-order valence-electron chi connectivity index (χ2n) is 9.73. The minimum atomic E-state index is -0.815. The van der Waals surface area contributed by atoms with E-state index in [0.717, 1.165) is 0 Å². The molecule has 1 fully saturated rings. The van der Waals surface area contributed by atoms with Crippen molar-refractivity contribution in [3.05, 3.63) is 11.9 Å². The first-order valence-corrected chi connectivity index (χ1v) is 12.2. The van der Waals surface area contributed by atoms with Gasteiger partial charge < -0.3 is 46.4 Å². The summed E-state index contributed by atoms with van der Waals surface area (Å²) in [5, 5.41) is 11.4. The van der Waals surface area contributed by atoms with Gasteiger partial charge >= 0.3 is 0 Å². The Balaban J connectivity index is 2.78. The van der Waals surface area contributed by atoms with Crippen LogP contribution in [0.15, 0.2) is 11.9 Å². The van der Waals surface area contributed by atoms with Crippen LogP contribution >= 0.6 is 0 Å². The van der Waals surface area contributed by atoms with Crippen LogP contribution < -0.4 is 32.8 Å². The predicted octanol–water partition coefficient (Wildman–Crippen LogP) is -2.85. The Kier molecular flexibility index (Phi) is 13.6. The zero-order valence-electron chi connectivity index (χ0n) is 22.2. The second kappa shape index (κ2) is 15.8. The molecule has 0 aromatic rings. The molecule has 0 aliphatic carbocycles. The number of carbonyl (C=O) groups excluding carboxylic acids is 5. The van der Waals surface area contributed by atoms with Gasteiger partial charge in [0.2, 0.25) is 23.6 Å². The molecule has 14 nitrogen and oxygen atoms in total. The molecule has 1 heterocycles. The SMILES string of the molecule is CNCCOC/C(N)=C/N(N)C(C(=O)N1CCCC1C(=O)NCC(=O)NCC(=O)NCC=O)C(C)(C)C. The molecule has 210 valence electrons. The van der Waals surface area contributed by atoms with Crippen molar-refractivity contribution in [3.63, 3.8) is 0 Å². The van der Waals surface area contributed by atoms with Crippen molar-refractivity contribution < 1.29 is 28.7 Å². The molecular formula is C23H42N8O6. The predicted molar refractivity (Wildman–Crippen MR) is 136 cm³/mol. The lowest BCUT2D eigenvalue weighted by Crippen LogP contribution is -2.58. The Labute approximate surface area is 217 Å². The van der Waals surface area contributed by atoms with Gasteiger partial charge in [-0.1, -0.05) is 20.8 Å². The zero-order valence-corrected chi connectivity index (χ0v) is 22.2. The minimum Gasteiger partial charge on any atom is -0.399 e. The summed E-state index contributed by atoms with van der Waals surface area (Å²) in [4.78, 5) is 61.6. The summed E-state index contributed by atoms with van der Waals surface area (Å²) >= 11 is 0. The lowest BCUT2D eigenvalue weighted by Gasteiger charge is -2.39. The van der Waals surface area contributed by atoms with Crippen molar-refractivity contribution in [2.24, 2.45) is 17.0 Å². The second-order valence-corrected chi connectivity index (χ2v) is 9.73.